The predicted molar refractivity (Wildman–Crippen MR) is 63.7 cm³/mol. The zero-order valence-electron chi connectivity index (χ0n) is 9.90. The molecule has 0 radical (unpaired) electrons. The van der Waals surface area contributed by atoms with Crippen molar-refractivity contribution < 1.29 is 9.53 Å². The van der Waals surface area contributed by atoms with E-state index in [9.17, 15) is 4.79 Å². The van der Waals surface area contributed by atoms with Crippen molar-refractivity contribution >= 4 is 5.91 Å². The summed E-state index contributed by atoms with van der Waals surface area (Å²) in [6.45, 7) is 1.40. The van der Waals surface area contributed by atoms with Gasteiger partial charge in [-0.05, 0) is 12.5 Å². The van der Waals surface area contributed by atoms with E-state index in [2.05, 4.69) is 15.6 Å². The van der Waals surface area contributed by atoms with Crippen LogP contribution in [-0.2, 0) is 11.3 Å². The normalized spacial score (nSPS) is 19.8. The summed E-state index contributed by atoms with van der Waals surface area (Å²) in [6, 6.07) is 4.21. The summed E-state index contributed by atoms with van der Waals surface area (Å²) in [6.07, 6.45) is 3.19. The third kappa shape index (κ3) is 3.17. The number of methoxy groups -OCH3 is 1. The molecule has 2 N–H and O–H groups in total. The molecule has 1 unspecified atom stereocenters. The lowest BCUT2D eigenvalue weighted by Gasteiger charge is -2.23. The molecule has 1 fully saturated rings. The molecule has 1 amide bonds. The number of carbonyl (C=O) groups excluding carboxylic acids is 1. The minimum Gasteiger partial charge on any atom is -0.481 e. The molecule has 92 valence electrons. The monoisotopic (exact) mass is 235 g/mol. The summed E-state index contributed by atoms with van der Waals surface area (Å²) in [5.41, 5.74) is 1.03. The van der Waals surface area contributed by atoms with Crippen LogP contribution in [0.2, 0.25) is 0 Å². The van der Waals surface area contributed by atoms with Gasteiger partial charge in [0.05, 0.1) is 7.11 Å². The summed E-state index contributed by atoms with van der Waals surface area (Å²) in [5.74, 6) is 0.793. The van der Waals surface area contributed by atoms with E-state index in [1.807, 2.05) is 12.1 Å². The first kappa shape index (κ1) is 11.9. The highest BCUT2D eigenvalue weighted by Crippen LogP contribution is 2.13. The molecule has 5 nitrogen and oxygen atoms in total. The fraction of sp³-hybridized carbons (Fsp3) is 0.500. The first-order valence-electron chi connectivity index (χ1n) is 5.77. The Morgan fingerprint density at radius 1 is 1.65 bits per heavy atom. The van der Waals surface area contributed by atoms with Gasteiger partial charge >= 0.3 is 0 Å². The van der Waals surface area contributed by atoms with Gasteiger partial charge in [-0.3, -0.25) is 4.79 Å². The van der Waals surface area contributed by atoms with Crippen molar-refractivity contribution in [1.82, 2.24) is 15.6 Å². The van der Waals surface area contributed by atoms with Crippen LogP contribution in [-0.4, -0.2) is 30.6 Å². The van der Waals surface area contributed by atoms with Crippen LogP contribution in [0.3, 0.4) is 0 Å². The number of piperidine rings is 1. The maximum Gasteiger partial charge on any atom is 0.220 e. The van der Waals surface area contributed by atoms with Crippen molar-refractivity contribution in [3.63, 3.8) is 0 Å². The van der Waals surface area contributed by atoms with Crippen molar-refractivity contribution in [1.29, 1.82) is 0 Å². The molecule has 0 bridgehead atoms. The van der Waals surface area contributed by atoms with E-state index in [1.54, 1.807) is 13.3 Å². The van der Waals surface area contributed by atoms with Crippen molar-refractivity contribution in [3.8, 4) is 5.88 Å². The van der Waals surface area contributed by atoms with E-state index < -0.39 is 0 Å². The molecule has 1 aromatic heterocycles. The van der Waals surface area contributed by atoms with Gasteiger partial charge in [-0.15, -0.1) is 0 Å². The highest BCUT2D eigenvalue weighted by Gasteiger charge is 2.17. The van der Waals surface area contributed by atoms with Gasteiger partial charge in [0, 0.05) is 37.3 Å². The first-order valence-corrected chi connectivity index (χ1v) is 5.77. The van der Waals surface area contributed by atoms with Crippen LogP contribution in [0.25, 0.3) is 0 Å². The van der Waals surface area contributed by atoms with Crippen molar-refractivity contribution in [3.05, 3.63) is 23.9 Å². The lowest BCUT2D eigenvalue weighted by atomic mass is 10.1. The number of rotatable bonds is 4. The molecule has 0 spiro atoms. The summed E-state index contributed by atoms with van der Waals surface area (Å²) < 4.78 is 5.18. The third-order valence-corrected chi connectivity index (χ3v) is 2.89. The minimum atomic E-state index is 0.141. The largest absolute Gasteiger partial charge is 0.481 e. The maximum absolute atomic E-state index is 11.0. The number of pyridine rings is 1. The molecule has 1 saturated heterocycles. The topological polar surface area (TPSA) is 63.2 Å². The third-order valence-electron chi connectivity index (χ3n) is 2.89. The van der Waals surface area contributed by atoms with Crippen LogP contribution in [0.4, 0.5) is 0 Å². The Kier molecular flexibility index (Phi) is 3.93. The fourth-order valence-corrected chi connectivity index (χ4v) is 1.90. The average Bonchev–Trinajstić information content (AvgIpc) is 2.38. The number of carbonyl (C=O) groups is 1. The first-order chi connectivity index (χ1) is 8.29. The van der Waals surface area contributed by atoms with E-state index in [0.29, 0.717) is 31.4 Å². The van der Waals surface area contributed by atoms with Gasteiger partial charge in [0.2, 0.25) is 11.8 Å². The number of nitrogens with one attached hydrogen (secondary N) is 2. The Morgan fingerprint density at radius 3 is 3.24 bits per heavy atom. The highest BCUT2D eigenvalue weighted by atomic mass is 16.5. The number of ether oxygens (including phenoxy) is 1. The van der Waals surface area contributed by atoms with Crippen molar-refractivity contribution in [2.45, 2.75) is 25.4 Å². The van der Waals surface area contributed by atoms with E-state index >= 15 is 0 Å². The van der Waals surface area contributed by atoms with Crippen LogP contribution in [0, 0.1) is 0 Å². The zero-order chi connectivity index (χ0) is 12.1. The van der Waals surface area contributed by atoms with Crippen LogP contribution in [0.5, 0.6) is 5.88 Å². The standard InChI is InChI=1S/C12H17N3O2/c1-17-12-9(3-2-6-13-12)7-14-10-4-5-11(16)15-8-10/h2-3,6,10,14H,4-5,7-8H2,1H3,(H,15,16). The summed E-state index contributed by atoms with van der Waals surface area (Å²) in [5, 5.41) is 6.25. The lowest BCUT2D eigenvalue weighted by molar-refractivity contribution is -0.122. The predicted octanol–water partition coefficient (Wildman–Crippen LogP) is 0.458. The number of aromatic nitrogens is 1. The van der Waals surface area contributed by atoms with Crippen molar-refractivity contribution in [2.75, 3.05) is 13.7 Å². The van der Waals surface area contributed by atoms with E-state index in [0.717, 1.165) is 12.0 Å². The Bertz CT molecular complexity index is 385. The zero-order valence-corrected chi connectivity index (χ0v) is 9.90. The molecule has 5 heteroatoms. The number of hydrogen-bond donors (Lipinski definition) is 2. The molecule has 17 heavy (non-hydrogen) atoms. The smallest absolute Gasteiger partial charge is 0.220 e. The van der Waals surface area contributed by atoms with Gasteiger partial charge in [0.25, 0.3) is 0 Å². The second kappa shape index (κ2) is 5.63. The Hall–Kier alpha value is -1.62. The van der Waals surface area contributed by atoms with Crippen LogP contribution in [0.1, 0.15) is 18.4 Å². The Morgan fingerprint density at radius 2 is 2.53 bits per heavy atom. The number of nitrogens with zero attached hydrogens (tertiary/aromatic N) is 1. The molecule has 1 aliphatic heterocycles. The fourth-order valence-electron chi connectivity index (χ4n) is 1.90. The molecule has 1 atom stereocenters. The second-order valence-electron chi connectivity index (χ2n) is 4.09. The summed E-state index contributed by atoms with van der Waals surface area (Å²) in [4.78, 5) is 15.2. The van der Waals surface area contributed by atoms with E-state index in [1.165, 1.54) is 0 Å². The van der Waals surface area contributed by atoms with Gasteiger partial charge in [0.15, 0.2) is 0 Å². The SMILES string of the molecule is COc1ncccc1CNC1CCC(=O)NC1. The molecule has 2 rings (SSSR count). The van der Waals surface area contributed by atoms with Gasteiger partial charge in [-0.2, -0.15) is 0 Å². The van der Waals surface area contributed by atoms with Crippen LogP contribution >= 0.6 is 0 Å². The summed E-state index contributed by atoms with van der Waals surface area (Å²) in [7, 11) is 1.62. The van der Waals surface area contributed by atoms with Crippen LogP contribution in [0.15, 0.2) is 18.3 Å². The molecule has 1 aliphatic rings. The molecule has 0 aromatic carbocycles. The highest BCUT2D eigenvalue weighted by molar-refractivity contribution is 5.76. The molecule has 1 aromatic rings. The number of amides is 1. The molecule has 0 aliphatic carbocycles. The Balaban J connectivity index is 1.87. The van der Waals surface area contributed by atoms with Gasteiger partial charge in [-0.25, -0.2) is 4.98 Å². The quantitative estimate of drug-likeness (QED) is 0.795. The second-order valence-corrected chi connectivity index (χ2v) is 4.09. The van der Waals surface area contributed by atoms with Crippen molar-refractivity contribution in [2.24, 2.45) is 0 Å². The minimum absolute atomic E-state index is 0.141. The maximum atomic E-state index is 11.0. The van der Waals surface area contributed by atoms with Gasteiger partial charge in [-0.1, -0.05) is 6.07 Å². The van der Waals surface area contributed by atoms with Gasteiger partial charge in [0.1, 0.15) is 0 Å². The van der Waals surface area contributed by atoms with E-state index in [-0.39, 0.29) is 5.91 Å². The van der Waals surface area contributed by atoms with Gasteiger partial charge < -0.3 is 15.4 Å². The van der Waals surface area contributed by atoms with E-state index in [4.69, 9.17) is 4.74 Å². The van der Waals surface area contributed by atoms with Crippen LogP contribution < -0.4 is 15.4 Å². The molecular formula is C12H17N3O2. The Labute approximate surface area is 101 Å². The average molecular weight is 235 g/mol. The summed E-state index contributed by atoms with van der Waals surface area (Å²) >= 11 is 0. The number of hydrogen-bond acceptors (Lipinski definition) is 4. The molecule has 0 saturated carbocycles. The molecular weight excluding hydrogens is 218 g/mol. The lowest BCUT2D eigenvalue weighted by Crippen LogP contribution is -2.45. The molecule has 2 heterocycles.